The number of piperidine rings is 1. The zero-order valence-corrected chi connectivity index (χ0v) is 19.0. The van der Waals surface area contributed by atoms with Crippen LogP contribution < -0.4 is 15.4 Å². The van der Waals surface area contributed by atoms with Crippen LogP contribution in [0, 0.1) is 12.9 Å². The molecule has 0 radical (unpaired) electrons. The summed E-state index contributed by atoms with van der Waals surface area (Å²) in [6.45, 7) is 3.43. The zero-order chi connectivity index (χ0) is 23.2. The van der Waals surface area contributed by atoms with Crippen molar-refractivity contribution >= 4 is 17.0 Å². The molecule has 6 rings (SSSR count). The van der Waals surface area contributed by atoms with Gasteiger partial charge in [0.25, 0.3) is 5.95 Å². The summed E-state index contributed by atoms with van der Waals surface area (Å²) in [5, 5.41) is 14.8. The molecule has 2 aliphatic heterocycles. The highest BCUT2D eigenvalue weighted by molar-refractivity contribution is 5.75. The van der Waals surface area contributed by atoms with Crippen LogP contribution in [-0.2, 0) is 11.8 Å². The van der Waals surface area contributed by atoms with Gasteiger partial charge in [0.15, 0.2) is 5.82 Å². The van der Waals surface area contributed by atoms with Crippen molar-refractivity contribution in [2.75, 3.05) is 18.5 Å². The fourth-order valence-corrected chi connectivity index (χ4v) is 4.83. The zero-order valence-electron chi connectivity index (χ0n) is 19.0. The lowest BCUT2D eigenvalue weighted by atomic mass is 9.94. The van der Waals surface area contributed by atoms with Crippen LogP contribution in [0.25, 0.3) is 16.6 Å². The second-order valence-corrected chi connectivity index (χ2v) is 9.08. The molecule has 2 fully saturated rings. The van der Waals surface area contributed by atoms with Gasteiger partial charge < -0.3 is 20.1 Å². The Hall–Kier alpha value is -3.50. The number of rotatable bonds is 5. The highest BCUT2D eigenvalue weighted by Crippen LogP contribution is 2.34. The number of hydrogen-bond acceptors (Lipinski definition) is 7. The lowest BCUT2D eigenvalue weighted by Crippen LogP contribution is -2.56. The van der Waals surface area contributed by atoms with Crippen LogP contribution in [0.2, 0.25) is 0 Å². The summed E-state index contributed by atoms with van der Waals surface area (Å²) < 4.78 is 29.3. The van der Waals surface area contributed by atoms with Crippen molar-refractivity contribution < 1.29 is 13.9 Å². The first kappa shape index (κ1) is 21.1. The predicted molar refractivity (Wildman–Crippen MR) is 125 cm³/mol. The molecular weight excluding hydrogens is 437 g/mol. The lowest BCUT2D eigenvalue weighted by molar-refractivity contribution is -0.0122. The number of aromatic nitrogens is 5. The minimum Gasteiger partial charge on any atom is -0.488 e. The lowest BCUT2D eigenvalue weighted by Gasteiger charge is -2.40. The number of morpholine rings is 1. The Labute approximate surface area is 195 Å². The molecule has 2 bridgehead atoms. The molecule has 9 nitrogen and oxygen atoms in total. The van der Waals surface area contributed by atoms with Crippen LogP contribution in [0.1, 0.15) is 18.5 Å². The molecule has 0 aromatic carbocycles. The summed E-state index contributed by atoms with van der Waals surface area (Å²) in [7, 11) is 1.67. The van der Waals surface area contributed by atoms with Gasteiger partial charge in [0, 0.05) is 55.5 Å². The highest BCUT2D eigenvalue weighted by atomic mass is 19.1. The Balaban J connectivity index is 1.29. The minimum absolute atomic E-state index is 0.118. The number of aryl methyl sites for hydroxylation is 2. The average Bonchev–Trinajstić information content (AvgIpc) is 3.35. The topological polar surface area (TPSA) is 90.5 Å². The Morgan fingerprint density at radius 3 is 2.76 bits per heavy atom. The van der Waals surface area contributed by atoms with E-state index in [1.54, 1.807) is 17.8 Å². The van der Waals surface area contributed by atoms with Crippen molar-refractivity contribution in [3.63, 3.8) is 0 Å². The van der Waals surface area contributed by atoms with Crippen LogP contribution in [0.15, 0.2) is 42.9 Å². The van der Waals surface area contributed by atoms with Crippen molar-refractivity contribution in [3.05, 3.63) is 54.5 Å². The predicted octanol–water partition coefficient (Wildman–Crippen LogP) is 3.22. The summed E-state index contributed by atoms with van der Waals surface area (Å²) in [6.07, 6.45) is 7.22. The fourth-order valence-electron chi connectivity index (χ4n) is 4.83. The monoisotopic (exact) mass is 463 g/mol. The largest absolute Gasteiger partial charge is 0.488 e. The van der Waals surface area contributed by atoms with Gasteiger partial charge >= 0.3 is 0 Å². The van der Waals surface area contributed by atoms with Crippen molar-refractivity contribution in [2.45, 2.75) is 38.0 Å². The van der Waals surface area contributed by atoms with E-state index in [0.717, 1.165) is 54.1 Å². The summed E-state index contributed by atoms with van der Waals surface area (Å²) in [4.78, 5) is 4.49. The molecule has 0 aliphatic carbocycles. The van der Waals surface area contributed by atoms with Crippen molar-refractivity contribution in [1.82, 2.24) is 29.7 Å². The summed E-state index contributed by atoms with van der Waals surface area (Å²) >= 11 is 0. The number of ether oxygens (including phenoxy) is 2. The number of nitrogens with zero attached hydrogens (tertiary/aromatic N) is 5. The molecule has 4 aromatic heterocycles. The number of nitrogens with one attached hydrogen (secondary N) is 2. The van der Waals surface area contributed by atoms with E-state index >= 15 is 0 Å². The van der Waals surface area contributed by atoms with Crippen LogP contribution in [0.4, 0.5) is 15.9 Å². The van der Waals surface area contributed by atoms with Crippen molar-refractivity contribution in [3.8, 4) is 16.9 Å². The molecule has 4 aromatic rings. The van der Waals surface area contributed by atoms with Gasteiger partial charge in [-0.1, -0.05) is 0 Å². The molecule has 2 aliphatic rings. The van der Waals surface area contributed by atoms with Gasteiger partial charge in [-0.15, -0.1) is 5.10 Å². The highest BCUT2D eigenvalue weighted by Gasteiger charge is 2.33. The third-order valence-electron chi connectivity index (χ3n) is 6.32. The van der Waals surface area contributed by atoms with Gasteiger partial charge in [-0.05, 0) is 30.7 Å². The molecule has 3 atom stereocenters. The Morgan fingerprint density at radius 2 is 2.00 bits per heavy atom. The van der Waals surface area contributed by atoms with Gasteiger partial charge in [-0.25, -0.2) is 4.52 Å². The number of halogens is 1. The van der Waals surface area contributed by atoms with Crippen LogP contribution >= 0.6 is 0 Å². The van der Waals surface area contributed by atoms with Crippen molar-refractivity contribution in [2.24, 2.45) is 7.05 Å². The van der Waals surface area contributed by atoms with E-state index in [1.165, 1.54) is 4.68 Å². The van der Waals surface area contributed by atoms with E-state index in [2.05, 4.69) is 25.8 Å². The molecule has 0 amide bonds. The van der Waals surface area contributed by atoms with E-state index < -0.39 is 5.95 Å². The van der Waals surface area contributed by atoms with Crippen LogP contribution in [0.3, 0.4) is 0 Å². The van der Waals surface area contributed by atoms with E-state index in [-0.39, 0.29) is 11.8 Å². The molecule has 0 saturated carbocycles. The van der Waals surface area contributed by atoms with Gasteiger partial charge in [0.1, 0.15) is 17.5 Å². The molecule has 6 heterocycles. The molecule has 34 heavy (non-hydrogen) atoms. The first-order valence-corrected chi connectivity index (χ1v) is 11.4. The standard InChI is InChI=1S/C24H26FN7O2/c1-14-5-20(22(10-26-14)34-19-7-16-12-33-13-17(8-19)27-16)15-3-4-32-18(6-15)9-23(29-32)28-21-11-31(2)30-24(21)25/h3-6,9-11,16-17,19,27H,7-8,12-13H2,1-2H3,(H,28,29)/t16-,17+,19-. The molecule has 0 spiro atoms. The summed E-state index contributed by atoms with van der Waals surface area (Å²) in [6, 6.07) is 8.63. The molecule has 0 unspecified atom stereocenters. The number of anilines is 2. The second-order valence-electron chi connectivity index (χ2n) is 9.08. The van der Waals surface area contributed by atoms with Gasteiger partial charge in [-0.2, -0.15) is 9.49 Å². The number of hydrogen-bond donors (Lipinski definition) is 2. The van der Waals surface area contributed by atoms with Crippen LogP contribution in [-0.4, -0.2) is 55.8 Å². The van der Waals surface area contributed by atoms with E-state index in [4.69, 9.17) is 9.47 Å². The van der Waals surface area contributed by atoms with Crippen LogP contribution in [0.5, 0.6) is 5.75 Å². The van der Waals surface area contributed by atoms with Crippen molar-refractivity contribution in [1.29, 1.82) is 0 Å². The quantitative estimate of drug-likeness (QED) is 0.470. The molecule has 2 saturated heterocycles. The van der Waals surface area contributed by atoms with Gasteiger partial charge in [-0.3, -0.25) is 9.67 Å². The summed E-state index contributed by atoms with van der Waals surface area (Å²) in [5.74, 6) is 0.744. The SMILES string of the molecule is Cc1cc(-c2ccn3nc(Nc4cn(C)nc4F)cc3c2)c(O[C@H]2C[C@H]3COC[C@@H](C2)N3)cn1. The smallest absolute Gasteiger partial charge is 0.256 e. The third kappa shape index (κ3) is 4.10. The van der Waals surface area contributed by atoms with E-state index in [1.807, 2.05) is 43.6 Å². The normalized spacial score (nSPS) is 22.1. The second kappa shape index (κ2) is 8.37. The maximum Gasteiger partial charge on any atom is 0.256 e. The summed E-state index contributed by atoms with van der Waals surface area (Å²) in [5.41, 5.74) is 4.07. The average molecular weight is 464 g/mol. The molecule has 176 valence electrons. The Bertz CT molecular complexity index is 1340. The molecular formula is C24H26FN7O2. The first-order valence-electron chi connectivity index (χ1n) is 11.4. The Morgan fingerprint density at radius 1 is 1.18 bits per heavy atom. The third-order valence-corrected chi connectivity index (χ3v) is 6.32. The first-order chi connectivity index (χ1) is 16.5. The molecule has 2 N–H and O–H groups in total. The number of fused-ring (bicyclic) bond motifs is 3. The maximum absolute atomic E-state index is 13.9. The van der Waals surface area contributed by atoms with E-state index in [0.29, 0.717) is 17.9 Å². The molecule has 10 heteroatoms. The number of pyridine rings is 2. The fraction of sp³-hybridized carbons (Fsp3) is 0.375. The Kier molecular flexibility index (Phi) is 5.19. The van der Waals surface area contributed by atoms with Gasteiger partial charge in [0.2, 0.25) is 0 Å². The van der Waals surface area contributed by atoms with Gasteiger partial charge in [0.05, 0.1) is 31.1 Å². The minimum atomic E-state index is -0.567. The maximum atomic E-state index is 13.9. The van der Waals surface area contributed by atoms with E-state index in [9.17, 15) is 4.39 Å².